The smallest absolute Gasteiger partial charge is 0.0622 e. The van der Waals surface area contributed by atoms with E-state index in [0.29, 0.717) is 0 Å². The van der Waals surface area contributed by atoms with Gasteiger partial charge in [0, 0.05) is 7.11 Å². The Bertz CT molecular complexity index is 262. The Morgan fingerprint density at radius 2 is 1.90 bits per heavy atom. The Labute approximate surface area is 127 Å². The third kappa shape index (κ3) is 6.58. The molecule has 0 heterocycles. The van der Waals surface area contributed by atoms with Crippen molar-refractivity contribution >= 4 is 0 Å². The molecule has 0 amide bonds. The van der Waals surface area contributed by atoms with Crippen molar-refractivity contribution in [3.8, 4) is 0 Å². The van der Waals surface area contributed by atoms with Crippen LogP contribution < -0.4 is 5.32 Å². The van der Waals surface area contributed by atoms with Crippen LogP contribution >= 0.6 is 0 Å². The first-order valence-corrected chi connectivity index (χ1v) is 8.60. The van der Waals surface area contributed by atoms with Crippen molar-refractivity contribution in [1.29, 1.82) is 0 Å². The van der Waals surface area contributed by atoms with Gasteiger partial charge in [0.25, 0.3) is 0 Å². The van der Waals surface area contributed by atoms with Crippen molar-refractivity contribution < 1.29 is 4.74 Å². The van der Waals surface area contributed by atoms with Crippen LogP contribution in [0.2, 0.25) is 0 Å². The van der Waals surface area contributed by atoms with E-state index in [9.17, 15) is 0 Å². The normalized spacial score (nSPS) is 28.1. The lowest BCUT2D eigenvalue weighted by atomic mass is 9.72. The maximum Gasteiger partial charge on any atom is 0.0622 e. The lowest BCUT2D eigenvalue weighted by Crippen LogP contribution is -2.35. The highest BCUT2D eigenvalue weighted by Crippen LogP contribution is 2.37. The Hall–Kier alpha value is -0.0800. The van der Waals surface area contributed by atoms with Crippen LogP contribution in [0.1, 0.15) is 66.7 Å². The SMILES string of the molecule is COC(C)(C)CCC1CC(C)CCC1CNCC(C)C. The van der Waals surface area contributed by atoms with Crippen LogP contribution in [0.15, 0.2) is 0 Å². The summed E-state index contributed by atoms with van der Waals surface area (Å²) < 4.78 is 5.59. The molecule has 120 valence electrons. The summed E-state index contributed by atoms with van der Waals surface area (Å²) in [6.45, 7) is 13.8. The molecule has 0 aromatic carbocycles. The summed E-state index contributed by atoms with van der Waals surface area (Å²) in [6.07, 6.45) is 6.73. The molecule has 1 aliphatic rings. The highest BCUT2D eigenvalue weighted by molar-refractivity contribution is 4.82. The van der Waals surface area contributed by atoms with Crippen molar-refractivity contribution in [3.05, 3.63) is 0 Å². The van der Waals surface area contributed by atoms with Crippen molar-refractivity contribution in [1.82, 2.24) is 5.32 Å². The fourth-order valence-corrected chi connectivity index (χ4v) is 3.38. The van der Waals surface area contributed by atoms with Gasteiger partial charge in [-0.15, -0.1) is 0 Å². The second-order valence-corrected chi connectivity index (χ2v) is 7.99. The minimum atomic E-state index is 0.0383. The summed E-state index contributed by atoms with van der Waals surface area (Å²) in [7, 11) is 1.84. The van der Waals surface area contributed by atoms with Gasteiger partial charge in [-0.2, -0.15) is 0 Å². The van der Waals surface area contributed by atoms with Gasteiger partial charge >= 0.3 is 0 Å². The summed E-state index contributed by atoms with van der Waals surface area (Å²) >= 11 is 0. The monoisotopic (exact) mass is 283 g/mol. The first kappa shape index (κ1) is 18.0. The van der Waals surface area contributed by atoms with Crippen LogP contribution in [0.3, 0.4) is 0 Å². The average molecular weight is 284 g/mol. The third-order valence-corrected chi connectivity index (χ3v) is 5.03. The van der Waals surface area contributed by atoms with E-state index in [1.165, 1.54) is 38.6 Å². The second-order valence-electron chi connectivity index (χ2n) is 7.99. The molecule has 3 unspecified atom stereocenters. The second kappa shape index (κ2) is 8.38. The maximum absolute atomic E-state index is 5.59. The van der Waals surface area contributed by atoms with E-state index in [0.717, 1.165) is 30.2 Å². The topological polar surface area (TPSA) is 21.3 Å². The molecule has 1 rings (SSSR count). The number of nitrogens with one attached hydrogen (secondary N) is 1. The zero-order valence-corrected chi connectivity index (χ0v) is 14.7. The van der Waals surface area contributed by atoms with Crippen molar-refractivity contribution in [2.75, 3.05) is 20.2 Å². The molecule has 1 N–H and O–H groups in total. The number of rotatable bonds is 8. The minimum absolute atomic E-state index is 0.0383. The van der Waals surface area contributed by atoms with Gasteiger partial charge in [0.15, 0.2) is 0 Å². The average Bonchev–Trinajstić information content (AvgIpc) is 2.38. The highest BCUT2D eigenvalue weighted by atomic mass is 16.5. The van der Waals surface area contributed by atoms with E-state index in [2.05, 4.69) is 39.9 Å². The molecule has 0 bridgehead atoms. The largest absolute Gasteiger partial charge is 0.379 e. The van der Waals surface area contributed by atoms with E-state index >= 15 is 0 Å². The fourth-order valence-electron chi connectivity index (χ4n) is 3.38. The molecular formula is C18H37NO. The van der Waals surface area contributed by atoms with Crippen LogP contribution in [0.25, 0.3) is 0 Å². The van der Waals surface area contributed by atoms with Crippen LogP contribution in [0.4, 0.5) is 0 Å². The summed E-state index contributed by atoms with van der Waals surface area (Å²) in [5.74, 6) is 3.42. The first-order valence-electron chi connectivity index (χ1n) is 8.60. The third-order valence-electron chi connectivity index (χ3n) is 5.03. The molecule has 20 heavy (non-hydrogen) atoms. The molecule has 0 aromatic heterocycles. The van der Waals surface area contributed by atoms with Crippen molar-refractivity contribution in [2.24, 2.45) is 23.7 Å². The van der Waals surface area contributed by atoms with Gasteiger partial charge in [-0.1, -0.05) is 27.2 Å². The Morgan fingerprint density at radius 1 is 1.20 bits per heavy atom. The Morgan fingerprint density at radius 3 is 2.50 bits per heavy atom. The predicted octanol–water partition coefficient (Wildman–Crippen LogP) is 4.49. The van der Waals surface area contributed by atoms with E-state index in [1.54, 1.807) is 0 Å². The van der Waals surface area contributed by atoms with Gasteiger partial charge in [0.1, 0.15) is 0 Å². The van der Waals surface area contributed by atoms with E-state index in [-0.39, 0.29) is 5.60 Å². The van der Waals surface area contributed by atoms with Gasteiger partial charge < -0.3 is 10.1 Å². The number of hydrogen-bond acceptors (Lipinski definition) is 2. The number of hydrogen-bond donors (Lipinski definition) is 1. The molecule has 0 radical (unpaired) electrons. The molecule has 2 nitrogen and oxygen atoms in total. The lowest BCUT2D eigenvalue weighted by molar-refractivity contribution is 0.00480. The quantitative estimate of drug-likeness (QED) is 0.708. The van der Waals surface area contributed by atoms with Crippen LogP contribution in [0, 0.1) is 23.7 Å². The van der Waals surface area contributed by atoms with Gasteiger partial charge in [0.05, 0.1) is 5.60 Å². The Balaban J connectivity index is 2.44. The molecule has 1 aliphatic carbocycles. The van der Waals surface area contributed by atoms with Crippen molar-refractivity contribution in [2.45, 2.75) is 72.3 Å². The molecule has 0 saturated heterocycles. The van der Waals surface area contributed by atoms with Crippen LogP contribution in [0.5, 0.6) is 0 Å². The maximum atomic E-state index is 5.59. The fraction of sp³-hybridized carbons (Fsp3) is 1.00. The number of methoxy groups -OCH3 is 1. The standard InChI is InChI=1S/C18H37NO/c1-14(2)12-19-13-17-8-7-15(3)11-16(17)9-10-18(4,5)20-6/h14-17,19H,7-13H2,1-6H3. The lowest BCUT2D eigenvalue weighted by Gasteiger charge is -2.37. The molecule has 0 spiro atoms. The van der Waals surface area contributed by atoms with Gasteiger partial charge in [-0.3, -0.25) is 0 Å². The first-order chi connectivity index (χ1) is 9.34. The molecule has 3 atom stereocenters. The van der Waals surface area contributed by atoms with E-state index in [4.69, 9.17) is 4.74 Å². The van der Waals surface area contributed by atoms with Crippen molar-refractivity contribution in [3.63, 3.8) is 0 Å². The predicted molar refractivity (Wildman–Crippen MR) is 88.0 cm³/mol. The summed E-state index contributed by atoms with van der Waals surface area (Å²) in [5.41, 5.74) is 0.0383. The summed E-state index contributed by atoms with van der Waals surface area (Å²) in [5, 5.41) is 3.68. The molecule has 1 fully saturated rings. The highest BCUT2D eigenvalue weighted by Gasteiger charge is 2.30. The van der Waals surface area contributed by atoms with Crippen LogP contribution in [-0.4, -0.2) is 25.8 Å². The van der Waals surface area contributed by atoms with E-state index < -0.39 is 0 Å². The summed E-state index contributed by atoms with van der Waals surface area (Å²) in [4.78, 5) is 0. The van der Waals surface area contributed by atoms with Gasteiger partial charge in [0.2, 0.25) is 0 Å². The zero-order valence-electron chi connectivity index (χ0n) is 14.7. The van der Waals surface area contributed by atoms with E-state index in [1.807, 2.05) is 7.11 Å². The molecule has 2 heteroatoms. The van der Waals surface area contributed by atoms with Crippen LogP contribution in [-0.2, 0) is 4.74 Å². The number of ether oxygens (including phenoxy) is 1. The van der Waals surface area contributed by atoms with Gasteiger partial charge in [-0.05, 0) is 76.3 Å². The minimum Gasteiger partial charge on any atom is -0.379 e. The molecule has 0 aliphatic heterocycles. The summed E-state index contributed by atoms with van der Waals surface area (Å²) in [6, 6.07) is 0. The molecule has 0 aromatic rings. The molecule has 1 saturated carbocycles. The van der Waals surface area contributed by atoms with Gasteiger partial charge in [-0.25, -0.2) is 0 Å². The molecular weight excluding hydrogens is 246 g/mol. The zero-order chi connectivity index (χ0) is 15.2. The Kier molecular flexibility index (Phi) is 7.53.